The first kappa shape index (κ1) is 18.9. The number of nitrogens with one attached hydrogen (secondary N) is 1. The number of benzene rings is 1. The fourth-order valence-electron chi connectivity index (χ4n) is 2.55. The minimum atomic E-state index is -4.76. The number of halogens is 3. The minimum Gasteiger partial charge on any atom is -0.772 e. The van der Waals surface area contributed by atoms with Crippen LogP contribution in [0.2, 0.25) is 0 Å². The Hall–Kier alpha value is -1.45. The number of aliphatic carboxylic acids is 1. The predicted octanol–water partition coefficient (Wildman–Crippen LogP) is 2.38. The van der Waals surface area contributed by atoms with Gasteiger partial charge in [0.05, 0.1) is 0 Å². The molecule has 9 heteroatoms. The first-order valence-corrected chi connectivity index (χ1v) is 8.52. The van der Waals surface area contributed by atoms with Gasteiger partial charge in [-0.05, 0) is 29.0 Å². The molecule has 0 heterocycles. The maximum absolute atomic E-state index is 13.4. The third-order valence-corrected chi connectivity index (χ3v) is 4.91. The van der Waals surface area contributed by atoms with Crippen LogP contribution in [-0.2, 0) is 15.9 Å². The van der Waals surface area contributed by atoms with Gasteiger partial charge in [0.15, 0.2) is 0 Å². The maximum Gasteiger partial charge on any atom is 0.407 e. The smallest absolute Gasteiger partial charge is 0.407 e. The summed E-state index contributed by atoms with van der Waals surface area (Å²) >= 11 is -2.79. The van der Waals surface area contributed by atoms with Crippen molar-refractivity contribution in [2.24, 2.45) is 5.92 Å². The van der Waals surface area contributed by atoms with Crippen molar-refractivity contribution in [2.45, 2.75) is 42.8 Å². The average Bonchev–Trinajstić information content (AvgIpc) is 3.29. The highest BCUT2D eigenvalue weighted by molar-refractivity contribution is 7.79. The summed E-state index contributed by atoms with van der Waals surface area (Å²) in [5.74, 6) is -1.56. The number of hydrogen-bond acceptors (Lipinski definition) is 4. The van der Waals surface area contributed by atoms with Crippen LogP contribution in [0.25, 0.3) is 0 Å². The van der Waals surface area contributed by atoms with Crippen LogP contribution in [0.5, 0.6) is 0 Å². The highest BCUT2D eigenvalue weighted by atomic mass is 32.2. The van der Waals surface area contributed by atoms with E-state index in [-0.39, 0.29) is 17.9 Å². The second-order valence-corrected chi connectivity index (χ2v) is 6.97. The molecule has 0 aromatic heterocycles. The van der Waals surface area contributed by atoms with Crippen molar-refractivity contribution in [3.05, 3.63) is 35.9 Å². The molecule has 1 fully saturated rings. The zero-order valence-electron chi connectivity index (χ0n) is 12.5. The molecule has 1 aromatic carbocycles. The van der Waals surface area contributed by atoms with Gasteiger partial charge < -0.3 is 9.66 Å². The maximum atomic E-state index is 13.4. The summed E-state index contributed by atoms with van der Waals surface area (Å²) in [6, 6.07) is 2.68. The van der Waals surface area contributed by atoms with E-state index in [4.69, 9.17) is 0 Å². The van der Waals surface area contributed by atoms with E-state index in [0.29, 0.717) is 0 Å². The fraction of sp³-hybridized carbons (Fsp3) is 0.533. The first-order valence-electron chi connectivity index (χ1n) is 7.38. The summed E-state index contributed by atoms with van der Waals surface area (Å²) in [7, 11) is 0. The molecule has 1 aliphatic rings. The number of rotatable bonds is 8. The van der Waals surface area contributed by atoms with Crippen molar-refractivity contribution in [2.75, 3.05) is 0 Å². The predicted molar refractivity (Wildman–Crippen MR) is 79.8 cm³/mol. The summed E-state index contributed by atoms with van der Waals surface area (Å²) < 4.78 is 62.9. The van der Waals surface area contributed by atoms with E-state index in [1.807, 2.05) is 5.32 Å². The Labute approximate surface area is 139 Å². The van der Waals surface area contributed by atoms with Crippen LogP contribution in [0.3, 0.4) is 0 Å². The number of hydrogen-bond donors (Lipinski definition) is 2. The Kier molecular flexibility index (Phi) is 6.00. The molecule has 1 aliphatic carbocycles. The van der Waals surface area contributed by atoms with Crippen LogP contribution in [0.1, 0.15) is 30.9 Å². The number of carboxylic acid groups (broad SMARTS) is 1. The van der Waals surface area contributed by atoms with E-state index in [2.05, 4.69) is 0 Å². The molecular formula is C15H17F3NO4S-. The van der Waals surface area contributed by atoms with Gasteiger partial charge in [-0.1, -0.05) is 43.2 Å². The minimum absolute atomic E-state index is 0.0411. The fourth-order valence-corrected chi connectivity index (χ4v) is 3.40. The lowest BCUT2D eigenvalue weighted by Crippen LogP contribution is -2.52. The van der Waals surface area contributed by atoms with Gasteiger partial charge >= 0.3 is 12.1 Å². The quantitative estimate of drug-likeness (QED) is 0.692. The largest absolute Gasteiger partial charge is 0.772 e. The van der Waals surface area contributed by atoms with Crippen molar-refractivity contribution in [1.29, 1.82) is 0 Å². The normalized spacial score (nSPS) is 20.2. The van der Waals surface area contributed by atoms with Gasteiger partial charge in [-0.25, -0.2) is 0 Å². The van der Waals surface area contributed by atoms with E-state index in [1.54, 1.807) is 0 Å². The van der Waals surface area contributed by atoms with Crippen molar-refractivity contribution >= 4 is 17.0 Å². The van der Waals surface area contributed by atoms with Crippen molar-refractivity contribution < 1.29 is 31.8 Å². The molecule has 0 amide bonds. The van der Waals surface area contributed by atoms with Crippen LogP contribution < -0.4 is 5.32 Å². The Balaban J connectivity index is 2.28. The molecule has 5 nitrogen and oxygen atoms in total. The molecule has 2 rings (SSSR count). The molecule has 4 atom stereocenters. The third-order valence-electron chi connectivity index (χ3n) is 3.95. The molecule has 0 radical (unpaired) electrons. The van der Waals surface area contributed by atoms with Crippen LogP contribution in [0.4, 0.5) is 13.2 Å². The van der Waals surface area contributed by atoms with Crippen molar-refractivity contribution in [3.63, 3.8) is 0 Å². The van der Waals surface area contributed by atoms with Crippen LogP contribution in [0, 0.1) is 5.92 Å². The number of alkyl halides is 3. The topological polar surface area (TPSA) is 89.5 Å². The zero-order valence-corrected chi connectivity index (χ0v) is 13.3. The lowest BCUT2D eigenvalue weighted by atomic mass is 10.0. The van der Waals surface area contributed by atoms with E-state index in [1.165, 1.54) is 30.3 Å². The molecule has 1 saturated carbocycles. The van der Waals surface area contributed by atoms with Crippen molar-refractivity contribution in [3.8, 4) is 0 Å². The molecule has 134 valence electrons. The second kappa shape index (κ2) is 7.62. The molecule has 0 aliphatic heterocycles. The zero-order chi connectivity index (χ0) is 17.9. The summed E-state index contributed by atoms with van der Waals surface area (Å²) in [6.07, 6.45) is -3.19. The van der Waals surface area contributed by atoms with Crippen LogP contribution in [0.15, 0.2) is 30.3 Å². The molecule has 1 aromatic rings. The van der Waals surface area contributed by atoms with Gasteiger partial charge in [-0.15, -0.1) is 0 Å². The molecule has 0 bridgehead atoms. The molecule has 0 spiro atoms. The van der Waals surface area contributed by atoms with Gasteiger partial charge in [-0.2, -0.15) is 13.2 Å². The molecule has 2 N–H and O–H groups in total. The van der Waals surface area contributed by atoms with Crippen LogP contribution in [-0.4, -0.2) is 37.3 Å². The average molecular weight is 364 g/mol. The molecule has 0 saturated heterocycles. The Morgan fingerprint density at radius 2 is 1.92 bits per heavy atom. The Bertz CT molecular complexity index is 592. The monoisotopic (exact) mass is 364 g/mol. The lowest BCUT2D eigenvalue weighted by Gasteiger charge is -2.31. The van der Waals surface area contributed by atoms with Gasteiger partial charge in [0.25, 0.3) is 0 Å². The highest BCUT2D eigenvalue weighted by Crippen LogP contribution is 2.37. The SMILES string of the molecule is O=C(O)C(N[C@@H](c1ccccc1)C(F)(F)F)C(CC1CC1)S(=O)[O-]. The Morgan fingerprint density at radius 3 is 2.33 bits per heavy atom. The van der Waals surface area contributed by atoms with E-state index < -0.39 is 40.6 Å². The second-order valence-electron chi connectivity index (χ2n) is 5.85. The van der Waals surface area contributed by atoms with Gasteiger partial charge in [0, 0.05) is 5.25 Å². The van der Waals surface area contributed by atoms with E-state index in [9.17, 15) is 31.8 Å². The van der Waals surface area contributed by atoms with Gasteiger partial charge in [0.1, 0.15) is 12.1 Å². The number of carboxylic acids is 1. The molecule has 3 unspecified atom stereocenters. The van der Waals surface area contributed by atoms with Gasteiger partial charge in [-0.3, -0.25) is 14.3 Å². The summed E-state index contributed by atoms with van der Waals surface area (Å²) in [5, 5.41) is 9.88. The Morgan fingerprint density at radius 1 is 1.33 bits per heavy atom. The van der Waals surface area contributed by atoms with E-state index in [0.717, 1.165) is 12.8 Å². The first-order chi connectivity index (χ1) is 11.2. The lowest BCUT2D eigenvalue weighted by molar-refractivity contribution is -0.163. The van der Waals surface area contributed by atoms with E-state index >= 15 is 0 Å². The standard InChI is InChI=1S/C15H18F3NO4S/c16-15(17,18)13(10-4-2-1-3-5-10)19-12(14(20)21)11(24(22)23)8-9-6-7-9/h1-5,9,11-13,19H,6-8H2,(H,20,21)(H,22,23)/p-1/t11?,12?,13-/m0/s1. The molecule has 24 heavy (non-hydrogen) atoms. The van der Waals surface area contributed by atoms with Crippen LogP contribution >= 0.6 is 0 Å². The number of carbonyl (C=O) groups is 1. The summed E-state index contributed by atoms with van der Waals surface area (Å²) in [5.41, 5.74) is -0.168. The summed E-state index contributed by atoms with van der Waals surface area (Å²) in [6.45, 7) is 0. The summed E-state index contributed by atoms with van der Waals surface area (Å²) in [4.78, 5) is 11.4. The molecular weight excluding hydrogens is 347 g/mol. The highest BCUT2D eigenvalue weighted by Gasteiger charge is 2.45. The van der Waals surface area contributed by atoms with Crippen molar-refractivity contribution in [1.82, 2.24) is 5.32 Å². The van der Waals surface area contributed by atoms with Gasteiger partial charge in [0.2, 0.25) is 0 Å². The third kappa shape index (κ3) is 5.02.